The van der Waals surface area contributed by atoms with E-state index in [1.54, 1.807) is 10.6 Å². The van der Waals surface area contributed by atoms with Crippen LogP contribution in [0.2, 0.25) is 5.15 Å². The van der Waals surface area contributed by atoms with Crippen molar-refractivity contribution in [3.05, 3.63) is 16.9 Å². The van der Waals surface area contributed by atoms with Crippen LogP contribution in [-0.4, -0.2) is 56.6 Å². The fraction of sp³-hybridized carbons (Fsp3) is 0.571. The third kappa shape index (κ3) is 2.39. The minimum absolute atomic E-state index is 0.286. The number of rotatable bonds is 2. The maximum Gasteiger partial charge on any atom is 0.255 e. The van der Waals surface area contributed by atoms with Gasteiger partial charge in [-0.15, -0.1) is 5.10 Å². The normalized spacial score (nSPS) is 19.0. The van der Waals surface area contributed by atoms with Gasteiger partial charge in [0, 0.05) is 37.8 Å². The molecule has 8 heteroatoms. The lowest BCUT2D eigenvalue weighted by Gasteiger charge is -2.34. The van der Waals surface area contributed by atoms with E-state index in [4.69, 9.17) is 11.6 Å². The molecule has 0 spiro atoms. The maximum absolute atomic E-state index is 12.1. The van der Waals surface area contributed by atoms with Crippen molar-refractivity contribution in [2.24, 2.45) is 5.92 Å². The SMILES string of the molecule is Cc1cc(Cl)nc2nc(N3CCN(C(=O)C4CC4)CC3)nn12. The minimum Gasteiger partial charge on any atom is -0.339 e. The van der Waals surface area contributed by atoms with Crippen LogP contribution in [0.1, 0.15) is 18.5 Å². The van der Waals surface area contributed by atoms with Gasteiger partial charge in [0.25, 0.3) is 5.78 Å². The lowest BCUT2D eigenvalue weighted by molar-refractivity contribution is -0.132. The number of aromatic nitrogens is 4. The van der Waals surface area contributed by atoms with Crippen LogP contribution in [0.15, 0.2) is 6.07 Å². The van der Waals surface area contributed by atoms with E-state index >= 15 is 0 Å². The molecular formula is C14H17ClN6O. The number of hydrogen-bond acceptors (Lipinski definition) is 5. The van der Waals surface area contributed by atoms with Gasteiger partial charge in [0.05, 0.1) is 0 Å². The average molecular weight is 321 g/mol. The molecule has 0 aromatic carbocycles. The highest BCUT2D eigenvalue weighted by Gasteiger charge is 2.35. The Labute approximate surface area is 132 Å². The standard InChI is InChI=1S/C14H17ClN6O/c1-9-8-11(15)16-13-17-14(18-21(9)13)20-6-4-19(5-7-20)12(22)10-2-3-10/h8,10H,2-7H2,1H3. The van der Waals surface area contributed by atoms with Gasteiger partial charge in [-0.3, -0.25) is 4.79 Å². The average Bonchev–Trinajstić information content (AvgIpc) is 3.26. The van der Waals surface area contributed by atoms with Crippen LogP contribution >= 0.6 is 11.6 Å². The number of hydrogen-bond donors (Lipinski definition) is 0. The van der Waals surface area contributed by atoms with Crippen molar-refractivity contribution in [1.82, 2.24) is 24.5 Å². The van der Waals surface area contributed by atoms with E-state index in [0.29, 0.717) is 22.8 Å². The first-order valence-electron chi connectivity index (χ1n) is 7.55. The van der Waals surface area contributed by atoms with E-state index in [9.17, 15) is 4.79 Å². The highest BCUT2D eigenvalue weighted by atomic mass is 35.5. The first-order valence-corrected chi connectivity index (χ1v) is 7.93. The number of carbonyl (C=O) groups is 1. The number of aryl methyl sites for hydroxylation is 1. The van der Waals surface area contributed by atoms with Crippen LogP contribution in [0.3, 0.4) is 0 Å². The van der Waals surface area contributed by atoms with Gasteiger partial charge in [-0.25, -0.2) is 0 Å². The predicted octanol–water partition coefficient (Wildman–Crippen LogP) is 1.14. The molecule has 1 aliphatic carbocycles. The van der Waals surface area contributed by atoms with Crippen LogP contribution in [0, 0.1) is 12.8 Å². The molecule has 116 valence electrons. The zero-order chi connectivity index (χ0) is 15.3. The highest BCUT2D eigenvalue weighted by Crippen LogP contribution is 2.31. The van der Waals surface area contributed by atoms with E-state index in [2.05, 4.69) is 20.0 Å². The van der Waals surface area contributed by atoms with Crippen molar-refractivity contribution in [2.45, 2.75) is 19.8 Å². The summed E-state index contributed by atoms with van der Waals surface area (Å²) >= 11 is 5.96. The Hall–Kier alpha value is -1.89. The number of halogens is 1. The molecule has 0 atom stereocenters. The molecule has 2 aromatic rings. The quantitative estimate of drug-likeness (QED) is 0.776. The van der Waals surface area contributed by atoms with Gasteiger partial charge in [0.2, 0.25) is 11.9 Å². The Morgan fingerprint density at radius 1 is 1.23 bits per heavy atom. The second kappa shape index (κ2) is 5.08. The first kappa shape index (κ1) is 13.8. The number of fused-ring (bicyclic) bond motifs is 1. The molecule has 2 aliphatic rings. The van der Waals surface area contributed by atoms with Gasteiger partial charge in [0.15, 0.2) is 0 Å². The summed E-state index contributed by atoms with van der Waals surface area (Å²) < 4.78 is 1.70. The molecule has 22 heavy (non-hydrogen) atoms. The highest BCUT2D eigenvalue weighted by molar-refractivity contribution is 6.29. The summed E-state index contributed by atoms with van der Waals surface area (Å²) in [6.07, 6.45) is 2.11. The summed E-state index contributed by atoms with van der Waals surface area (Å²) in [6, 6.07) is 1.76. The van der Waals surface area contributed by atoms with Gasteiger partial charge in [-0.05, 0) is 25.8 Å². The molecule has 0 unspecified atom stereocenters. The topological polar surface area (TPSA) is 66.6 Å². The van der Waals surface area contributed by atoms with E-state index in [1.165, 1.54) is 0 Å². The van der Waals surface area contributed by atoms with Crippen LogP contribution < -0.4 is 4.90 Å². The number of amides is 1. The van der Waals surface area contributed by atoms with Crippen molar-refractivity contribution >= 4 is 29.2 Å². The molecule has 0 N–H and O–H groups in total. The van der Waals surface area contributed by atoms with E-state index in [0.717, 1.165) is 44.7 Å². The second-order valence-corrected chi connectivity index (χ2v) is 6.32. The van der Waals surface area contributed by atoms with Gasteiger partial charge in [-0.1, -0.05) is 11.6 Å². The van der Waals surface area contributed by atoms with Crippen molar-refractivity contribution in [3.8, 4) is 0 Å². The Morgan fingerprint density at radius 2 is 1.95 bits per heavy atom. The maximum atomic E-state index is 12.1. The number of anilines is 1. The molecule has 4 rings (SSSR count). The predicted molar refractivity (Wildman–Crippen MR) is 82.0 cm³/mol. The third-order valence-corrected chi connectivity index (χ3v) is 4.44. The number of carbonyl (C=O) groups excluding carboxylic acids is 1. The van der Waals surface area contributed by atoms with Crippen molar-refractivity contribution in [1.29, 1.82) is 0 Å². The van der Waals surface area contributed by atoms with Crippen LogP contribution in [0.25, 0.3) is 5.78 Å². The summed E-state index contributed by atoms with van der Waals surface area (Å²) in [7, 11) is 0. The van der Waals surface area contributed by atoms with Crippen LogP contribution in [0.4, 0.5) is 5.95 Å². The monoisotopic (exact) mass is 320 g/mol. The Balaban J connectivity index is 1.51. The summed E-state index contributed by atoms with van der Waals surface area (Å²) in [5.74, 6) is 1.76. The smallest absolute Gasteiger partial charge is 0.255 e. The van der Waals surface area contributed by atoms with Gasteiger partial charge < -0.3 is 9.80 Å². The molecule has 1 saturated heterocycles. The minimum atomic E-state index is 0.286. The molecule has 7 nitrogen and oxygen atoms in total. The fourth-order valence-corrected chi connectivity index (χ4v) is 3.05. The van der Waals surface area contributed by atoms with Crippen molar-refractivity contribution in [2.75, 3.05) is 31.1 Å². The number of nitrogens with zero attached hydrogens (tertiary/aromatic N) is 6. The Bertz CT molecular complexity index is 732. The van der Waals surface area contributed by atoms with Gasteiger partial charge >= 0.3 is 0 Å². The Morgan fingerprint density at radius 3 is 2.64 bits per heavy atom. The lowest BCUT2D eigenvalue weighted by Crippen LogP contribution is -2.49. The van der Waals surface area contributed by atoms with Crippen molar-refractivity contribution in [3.63, 3.8) is 0 Å². The molecule has 3 heterocycles. The summed E-state index contributed by atoms with van der Waals surface area (Å²) in [6.45, 7) is 4.89. The molecule has 1 amide bonds. The molecule has 2 aromatic heterocycles. The molecule has 1 aliphatic heterocycles. The number of piperazine rings is 1. The van der Waals surface area contributed by atoms with Crippen LogP contribution in [-0.2, 0) is 4.79 Å². The van der Waals surface area contributed by atoms with E-state index < -0.39 is 0 Å². The summed E-state index contributed by atoms with van der Waals surface area (Å²) in [5.41, 5.74) is 0.899. The van der Waals surface area contributed by atoms with Gasteiger partial charge in [0.1, 0.15) is 5.15 Å². The van der Waals surface area contributed by atoms with Gasteiger partial charge in [-0.2, -0.15) is 14.5 Å². The van der Waals surface area contributed by atoms with Crippen molar-refractivity contribution < 1.29 is 4.79 Å². The molecule has 1 saturated carbocycles. The van der Waals surface area contributed by atoms with E-state index in [1.807, 2.05) is 11.8 Å². The summed E-state index contributed by atoms with van der Waals surface area (Å²) in [4.78, 5) is 24.8. The lowest BCUT2D eigenvalue weighted by atomic mass is 10.3. The fourth-order valence-electron chi connectivity index (χ4n) is 2.81. The van der Waals surface area contributed by atoms with Crippen LogP contribution in [0.5, 0.6) is 0 Å². The molecule has 2 fully saturated rings. The zero-order valence-electron chi connectivity index (χ0n) is 12.4. The largest absolute Gasteiger partial charge is 0.339 e. The molecule has 0 bridgehead atoms. The van der Waals surface area contributed by atoms with E-state index in [-0.39, 0.29) is 5.92 Å². The second-order valence-electron chi connectivity index (χ2n) is 5.93. The third-order valence-electron chi connectivity index (χ3n) is 4.25. The molecule has 0 radical (unpaired) electrons. The zero-order valence-corrected chi connectivity index (χ0v) is 13.1. The first-order chi connectivity index (χ1) is 10.6. The molecular weight excluding hydrogens is 304 g/mol. The summed E-state index contributed by atoms with van der Waals surface area (Å²) in [5, 5.41) is 4.92. The Kier molecular flexibility index (Phi) is 3.18.